The Morgan fingerprint density at radius 2 is 2.06 bits per heavy atom. The van der Waals surface area contributed by atoms with Crippen LogP contribution in [0, 0.1) is 5.53 Å². The first-order valence-electron chi connectivity index (χ1n) is 10.4. The summed E-state index contributed by atoms with van der Waals surface area (Å²) in [6, 6.07) is 4.21. The number of hydrogen-bond acceptors (Lipinski definition) is 9. The van der Waals surface area contributed by atoms with E-state index in [0.29, 0.717) is 22.6 Å². The van der Waals surface area contributed by atoms with Crippen LogP contribution in [0.15, 0.2) is 29.5 Å². The van der Waals surface area contributed by atoms with Gasteiger partial charge in [-0.3, -0.25) is 4.79 Å². The molecule has 0 unspecified atom stereocenters. The number of likely N-dealkylation sites (tertiary alicyclic amines) is 1. The van der Waals surface area contributed by atoms with Crippen LogP contribution in [0.2, 0.25) is 0 Å². The van der Waals surface area contributed by atoms with Gasteiger partial charge in [-0.1, -0.05) is 0 Å². The van der Waals surface area contributed by atoms with E-state index in [-0.39, 0.29) is 36.5 Å². The standard InChI is InChI=1S/C20H23F3N10O/c1-10(34)32-8-12(21)15(9-32)28-20-29-19(25-2)17-11(5-6-33(17)31-20)13-3-4-14(30-24)18(27-13)26-7-16(22)23/h3-6,12,15-16,24H,7-9H2,1-2H3,(H,26,27)(H2,25,28,29,31)/t12-,15+/m0/s1. The van der Waals surface area contributed by atoms with E-state index in [1.807, 2.05) is 0 Å². The Hall–Kier alpha value is -3.97. The molecule has 0 saturated carbocycles. The zero-order chi connectivity index (χ0) is 24.4. The van der Waals surface area contributed by atoms with Gasteiger partial charge in [-0.2, -0.15) is 10.1 Å². The summed E-state index contributed by atoms with van der Waals surface area (Å²) in [5.41, 5.74) is 8.98. The Morgan fingerprint density at radius 3 is 2.71 bits per heavy atom. The Kier molecular flexibility index (Phi) is 6.47. The molecule has 1 fully saturated rings. The molecule has 0 spiro atoms. The van der Waals surface area contributed by atoms with Gasteiger partial charge in [0, 0.05) is 32.3 Å². The van der Waals surface area contributed by atoms with Gasteiger partial charge in [0.1, 0.15) is 17.4 Å². The van der Waals surface area contributed by atoms with Crippen molar-refractivity contribution in [3.63, 3.8) is 0 Å². The number of amides is 1. The quantitative estimate of drug-likeness (QED) is 0.367. The average molecular weight is 476 g/mol. The maximum absolute atomic E-state index is 14.4. The molecule has 4 heterocycles. The van der Waals surface area contributed by atoms with Crippen molar-refractivity contribution >= 4 is 34.7 Å². The second-order valence-corrected chi connectivity index (χ2v) is 7.70. The van der Waals surface area contributed by atoms with Crippen molar-refractivity contribution in [1.29, 1.82) is 5.53 Å². The lowest BCUT2D eigenvalue weighted by atomic mass is 10.1. The molecule has 1 aliphatic rings. The van der Waals surface area contributed by atoms with Crippen molar-refractivity contribution in [1.82, 2.24) is 24.5 Å². The minimum atomic E-state index is -2.60. The number of fused-ring (bicyclic) bond motifs is 1. The van der Waals surface area contributed by atoms with Gasteiger partial charge in [-0.25, -0.2) is 28.2 Å². The molecule has 0 aromatic carbocycles. The van der Waals surface area contributed by atoms with E-state index in [1.54, 1.807) is 25.4 Å². The molecule has 4 rings (SSSR count). The number of carbonyl (C=O) groups is 1. The van der Waals surface area contributed by atoms with Crippen LogP contribution in [0.3, 0.4) is 0 Å². The number of rotatable bonds is 8. The predicted octanol–water partition coefficient (Wildman–Crippen LogP) is 3.15. The number of nitrogens with zero attached hydrogens (tertiary/aromatic N) is 6. The SMILES string of the molecule is CNc1nc(N[C@@H]2CN(C(C)=O)C[C@@H]2F)nn2ccc(-c3ccc(N=N)c(NCC(F)F)n3)c12. The summed E-state index contributed by atoms with van der Waals surface area (Å²) in [7, 11) is 1.67. The van der Waals surface area contributed by atoms with Gasteiger partial charge in [0.2, 0.25) is 11.9 Å². The van der Waals surface area contributed by atoms with Crippen LogP contribution in [-0.2, 0) is 4.79 Å². The van der Waals surface area contributed by atoms with Gasteiger partial charge >= 0.3 is 0 Å². The van der Waals surface area contributed by atoms with Crippen molar-refractivity contribution in [3.05, 3.63) is 24.4 Å². The fraction of sp³-hybridized carbons (Fsp3) is 0.400. The van der Waals surface area contributed by atoms with E-state index in [0.717, 1.165) is 0 Å². The van der Waals surface area contributed by atoms with E-state index in [4.69, 9.17) is 5.53 Å². The van der Waals surface area contributed by atoms with Gasteiger partial charge in [0.15, 0.2) is 11.6 Å². The highest BCUT2D eigenvalue weighted by molar-refractivity contribution is 5.88. The largest absolute Gasteiger partial charge is 0.371 e. The van der Waals surface area contributed by atoms with Crippen molar-refractivity contribution in [2.45, 2.75) is 25.6 Å². The lowest BCUT2D eigenvalue weighted by Crippen LogP contribution is -2.32. The number of alkyl halides is 3. The van der Waals surface area contributed by atoms with Gasteiger partial charge in [-0.05, 0) is 18.2 Å². The molecule has 4 N–H and O–H groups in total. The van der Waals surface area contributed by atoms with E-state index < -0.39 is 25.2 Å². The van der Waals surface area contributed by atoms with Gasteiger partial charge < -0.3 is 20.9 Å². The minimum Gasteiger partial charge on any atom is -0.371 e. The van der Waals surface area contributed by atoms with Crippen LogP contribution < -0.4 is 16.0 Å². The normalized spacial score (nSPS) is 17.9. The van der Waals surface area contributed by atoms with E-state index in [9.17, 15) is 18.0 Å². The number of nitrogens with one attached hydrogen (secondary N) is 4. The molecular weight excluding hydrogens is 453 g/mol. The topological polar surface area (TPSA) is 136 Å². The predicted molar refractivity (Wildman–Crippen MR) is 120 cm³/mol. The number of aromatic nitrogens is 4. The molecule has 3 aromatic heterocycles. The highest BCUT2D eigenvalue weighted by Crippen LogP contribution is 2.33. The van der Waals surface area contributed by atoms with Gasteiger partial charge in [-0.15, -0.1) is 5.10 Å². The van der Waals surface area contributed by atoms with Crippen molar-refractivity contribution < 1.29 is 18.0 Å². The first-order chi connectivity index (χ1) is 16.3. The Labute approximate surface area is 192 Å². The monoisotopic (exact) mass is 476 g/mol. The molecule has 1 amide bonds. The van der Waals surface area contributed by atoms with Gasteiger partial charge in [0.25, 0.3) is 6.43 Å². The maximum Gasteiger partial charge on any atom is 0.255 e. The third-order valence-corrected chi connectivity index (χ3v) is 5.45. The molecule has 1 saturated heterocycles. The lowest BCUT2D eigenvalue weighted by molar-refractivity contribution is -0.128. The van der Waals surface area contributed by atoms with E-state index >= 15 is 0 Å². The highest BCUT2D eigenvalue weighted by atomic mass is 19.3. The van der Waals surface area contributed by atoms with Gasteiger partial charge in [0.05, 0.1) is 24.8 Å². The second-order valence-electron chi connectivity index (χ2n) is 7.70. The van der Waals surface area contributed by atoms with Crippen LogP contribution in [0.5, 0.6) is 0 Å². The summed E-state index contributed by atoms with van der Waals surface area (Å²) >= 11 is 0. The molecule has 180 valence electrons. The summed E-state index contributed by atoms with van der Waals surface area (Å²) in [5, 5.41) is 16.2. The number of halogens is 3. The first kappa shape index (κ1) is 23.2. The van der Waals surface area contributed by atoms with E-state index in [1.165, 1.54) is 22.4 Å². The third-order valence-electron chi connectivity index (χ3n) is 5.45. The highest BCUT2D eigenvalue weighted by Gasteiger charge is 2.34. The Morgan fingerprint density at radius 1 is 1.26 bits per heavy atom. The van der Waals surface area contributed by atoms with Crippen molar-refractivity contribution in [2.24, 2.45) is 5.11 Å². The smallest absolute Gasteiger partial charge is 0.255 e. The van der Waals surface area contributed by atoms with Crippen LogP contribution in [-0.4, -0.2) is 75.7 Å². The van der Waals surface area contributed by atoms with Crippen LogP contribution in [0.25, 0.3) is 16.8 Å². The average Bonchev–Trinajstić information content (AvgIpc) is 3.40. The molecule has 0 bridgehead atoms. The van der Waals surface area contributed by atoms with Crippen LogP contribution in [0.1, 0.15) is 6.92 Å². The lowest BCUT2D eigenvalue weighted by Gasteiger charge is -2.16. The minimum absolute atomic E-state index is 0.00992. The molecule has 1 aliphatic heterocycles. The molecule has 0 radical (unpaired) electrons. The number of carbonyl (C=O) groups excluding carboxylic acids is 1. The van der Waals surface area contributed by atoms with Crippen molar-refractivity contribution in [2.75, 3.05) is 42.6 Å². The Bertz CT molecular complexity index is 1220. The molecule has 11 nitrogen and oxygen atoms in total. The number of hydrogen-bond donors (Lipinski definition) is 4. The van der Waals surface area contributed by atoms with Crippen LogP contribution >= 0.6 is 0 Å². The summed E-state index contributed by atoms with van der Waals surface area (Å²) in [4.78, 5) is 21.8. The van der Waals surface area contributed by atoms with E-state index in [2.05, 4.69) is 36.1 Å². The third kappa shape index (κ3) is 4.56. The molecule has 0 aliphatic carbocycles. The second kappa shape index (κ2) is 9.49. The molecule has 3 aromatic rings. The number of anilines is 3. The summed E-state index contributed by atoms with van der Waals surface area (Å²) in [6.45, 7) is 0.976. The van der Waals surface area contributed by atoms with Crippen LogP contribution in [0.4, 0.5) is 36.4 Å². The Balaban J connectivity index is 1.67. The zero-order valence-electron chi connectivity index (χ0n) is 18.4. The fourth-order valence-electron chi connectivity index (χ4n) is 3.79. The molecule has 34 heavy (non-hydrogen) atoms. The number of pyridine rings is 1. The zero-order valence-corrected chi connectivity index (χ0v) is 18.4. The molecule has 2 atom stereocenters. The summed E-state index contributed by atoms with van der Waals surface area (Å²) in [6.07, 6.45) is -2.19. The molecular formula is C20H23F3N10O. The molecule has 14 heteroatoms. The summed E-state index contributed by atoms with van der Waals surface area (Å²) < 4.78 is 41.3. The summed E-state index contributed by atoms with van der Waals surface area (Å²) in [5.74, 6) is 0.455. The fourth-order valence-corrected chi connectivity index (χ4v) is 3.79. The van der Waals surface area contributed by atoms with Crippen molar-refractivity contribution in [3.8, 4) is 11.3 Å². The first-order valence-corrected chi connectivity index (χ1v) is 10.4. The maximum atomic E-state index is 14.4.